The van der Waals surface area contributed by atoms with Gasteiger partial charge in [-0.1, -0.05) is 30.3 Å². The summed E-state index contributed by atoms with van der Waals surface area (Å²) in [5.74, 6) is 0.0664. The van der Waals surface area contributed by atoms with Gasteiger partial charge < -0.3 is 15.0 Å². The third kappa shape index (κ3) is 6.41. The number of hydrogen-bond acceptors (Lipinski definition) is 4. The van der Waals surface area contributed by atoms with Crippen molar-refractivity contribution in [3.8, 4) is 5.75 Å². The minimum Gasteiger partial charge on any atom is -0.487 e. The van der Waals surface area contributed by atoms with Crippen LogP contribution < -0.4 is 10.1 Å². The van der Waals surface area contributed by atoms with Crippen molar-refractivity contribution in [2.45, 2.75) is 44.9 Å². The Morgan fingerprint density at radius 2 is 1.79 bits per heavy atom. The van der Waals surface area contributed by atoms with E-state index in [2.05, 4.69) is 10.3 Å². The highest BCUT2D eigenvalue weighted by Crippen LogP contribution is 2.20. The first kappa shape index (κ1) is 23.4. The maximum atomic E-state index is 13.3. The molecule has 2 heterocycles. The zero-order chi connectivity index (χ0) is 23.8. The second-order valence-corrected chi connectivity index (χ2v) is 8.38. The topological polar surface area (TPSA) is 71.5 Å². The second kappa shape index (κ2) is 11.4. The zero-order valence-corrected chi connectivity index (χ0v) is 19.0. The SMILES string of the molecule is O=C1NCCCC[C@@H]1N(Cc1ccc(OCc2ccccn2)cc1)C(=O)Cc1ccc(F)cc1. The fraction of sp³-hybridized carbons (Fsp3) is 0.296. The van der Waals surface area contributed by atoms with Crippen LogP contribution in [0.25, 0.3) is 0 Å². The molecule has 2 aromatic carbocycles. The molecule has 4 rings (SSSR count). The quantitative estimate of drug-likeness (QED) is 0.550. The molecule has 1 atom stereocenters. The van der Waals surface area contributed by atoms with E-state index < -0.39 is 6.04 Å². The Balaban J connectivity index is 1.47. The van der Waals surface area contributed by atoms with Gasteiger partial charge in [-0.2, -0.15) is 0 Å². The van der Waals surface area contributed by atoms with Crippen molar-refractivity contribution < 1.29 is 18.7 Å². The number of nitrogens with one attached hydrogen (secondary N) is 1. The summed E-state index contributed by atoms with van der Waals surface area (Å²) in [5, 5.41) is 2.92. The van der Waals surface area contributed by atoms with E-state index in [0.717, 1.165) is 24.1 Å². The predicted octanol–water partition coefficient (Wildman–Crippen LogP) is 4.04. The fourth-order valence-electron chi connectivity index (χ4n) is 4.00. The Kier molecular flexibility index (Phi) is 7.86. The van der Waals surface area contributed by atoms with E-state index >= 15 is 0 Å². The molecule has 6 nitrogen and oxygen atoms in total. The van der Waals surface area contributed by atoms with Crippen LogP contribution in [0.2, 0.25) is 0 Å². The highest BCUT2D eigenvalue weighted by Gasteiger charge is 2.30. The van der Waals surface area contributed by atoms with Crippen LogP contribution in [-0.4, -0.2) is 34.3 Å². The molecule has 1 fully saturated rings. The molecule has 0 unspecified atom stereocenters. The first-order valence-corrected chi connectivity index (χ1v) is 11.5. The molecule has 1 saturated heterocycles. The van der Waals surface area contributed by atoms with E-state index in [-0.39, 0.29) is 24.1 Å². The molecule has 2 amide bonds. The molecule has 34 heavy (non-hydrogen) atoms. The molecule has 0 bridgehead atoms. The van der Waals surface area contributed by atoms with Gasteiger partial charge in [-0.3, -0.25) is 14.6 Å². The van der Waals surface area contributed by atoms with E-state index in [1.54, 1.807) is 23.2 Å². The number of carbonyl (C=O) groups excluding carboxylic acids is 2. The van der Waals surface area contributed by atoms with Gasteiger partial charge in [0, 0.05) is 19.3 Å². The summed E-state index contributed by atoms with van der Waals surface area (Å²) in [6, 6.07) is 18.5. The summed E-state index contributed by atoms with van der Waals surface area (Å²) in [7, 11) is 0. The molecular weight excluding hydrogens is 433 g/mol. The molecule has 7 heteroatoms. The monoisotopic (exact) mass is 461 g/mol. The standard InChI is InChI=1S/C27H28FN3O3/c28-22-11-7-20(8-12-22)17-26(32)31(25-6-2-4-16-30-27(25)33)18-21-9-13-24(14-10-21)34-19-23-5-1-3-15-29-23/h1,3,5,7-15,25H,2,4,6,16-19H2,(H,30,33)/t25-/m0/s1. The van der Waals surface area contributed by atoms with Crippen molar-refractivity contribution in [1.82, 2.24) is 15.2 Å². The van der Waals surface area contributed by atoms with Crippen LogP contribution in [-0.2, 0) is 29.2 Å². The second-order valence-electron chi connectivity index (χ2n) is 8.38. The number of aromatic nitrogens is 1. The Morgan fingerprint density at radius 3 is 2.53 bits per heavy atom. The third-order valence-electron chi connectivity index (χ3n) is 5.86. The van der Waals surface area contributed by atoms with Crippen LogP contribution in [0.4, 0.5) is 4.39 Å². The summed E-state index contributed by atoms with van der Waals surface area (Å²) >= 11 is 0. The summed E-state index contributed by atoms with van der Waals surface area (Å²) in [6.45, 7) is 1.29. The summed E-state index contributed by atoms with van der Waals surface area (Å²) in [6.07, 6.45) is 4.21. The van der Waals surface area contributed by atoms with Gasteiger partial charge in [-0.25, -0.2) is 4.39 Å². The molecule has 0 saturated carbocycles. The minimum atomic E-state index is -0.532. The molecule has 0 aliphatic carbocycles. The maximum Gasteiger partial charge on any atom is 0.242 e. The van der Waals surface area contributed by atoms with E-state index in [1.165, 1.54) is 12.1 Å². The van der Waals surface area contributed by atoms with Crippen molar-refractivity contribution in [2.75, 3.05) is 6.54 Å². The predicted molar refractivity (Wildman–Crippen MR) is 126 cm³/mol. The van der Waals surface area contributed by atoms with E-state index in [4.69, 9.17) is 4.74 Å². The normalized spacial score (nSPS) is 15.8. The Labute approximate surface area is 198 Å². The summed E-state index contributed by atoms with van der Waals surface area (Å²) < 4.78 is 19.1. The van der Waals surface area contributed by atoms with Crippen LogP contribution >= 0.6 is 0 Å². The molecular formula is C27H28FN3O3. The van der Waals surface area contributed by atoms with Gasteiger partial charge in [0.05, 0.1) is 12.1 Å². The number of hydrogen-bond donors (Lipinski definition) is 1. The van der Waals surface area contributed by atoms with Crippen LogP contribution in [0, 0.1) is 5.82 Å². The molecule has 1 aromatic heterocycles. The first-order valence-electron chi connectivity index (χ1n) is 11.5. The van der Waals surface area contributed by atoms with Crippen molar-refractivity contribution in [3.05, 3.63) is 95.6 Å². The summed E-state index contributed by atoms with van der Waals surface area (Å²) in [5.41, 5.74) is 2.45. The smallest absolute Gasteiger partial charge is 0.242 e. The number of ether oxygens (including phenoxy) is 1. The van der Waals surface area contributed by atoms with E-state index in [1.807, 2.05) is 42.5 Å². The first-order chi connectivity index (χ1) is 16.6. The number of rotatable bonds is 8. The molecule has 0 radical (unpaired) electrons. The van der Waals surface area contributed by atoms with Gasteiger partial charge in [0.1, 0.15) is 24.2 Å². The highest BCUT2D eigenvalue weighted by molar-refractivity contribution is 5.88. The van der Waals surface area contributed by atoms with Crippen molar-refractivity contribution in [1.29, 1.82) is 0 Å². The largest absolute Gasteiger partial charge is 0.487 e. The third-order valence-corrected chi connectivity index (χ3v) is 5.86. The lowest BCUT2D eigenvalue weighted by Crippen LogP contribution is -2.48. The molecule has 176 valence electrons. The number of nitrogens with zero attached hydrogens (tertiary/aromatic N) is 2. The lowest BCUT2D eigenvalue weighted by Gasteiger charge is -2.30. The molecule has 3 aromatic rings. The Hall–Kier alpha value is -3.74. The van der Waals surface area contributed by atoms with E-state index in [0.29, 0.717) is 37.4 Å². The number of benzene rings is 2. The Bertz CT molecular complexity index is 1090. The minimum absolute atomic E-state index is 0.106. The van der Waals surface area contributed by atoms with Crippen LogP contribution in [0.15, 0.2) is 72.9 Å². The average molecular weight is 462 g/mol. The van der Waals surface area contributed by atoms with Gasteiger partial charge in [0.2, 0.25) is 11.8 Å². The van der Waals surface area contributed by atoms with Crippen molar-refractivity contribution >= 4 is 11.8 Å². The maximum absolute atomic E-state index is 13.3. The number of pyridine rings is 1. The van der Waals surface area contributed by atoms with Gasteiger partial charge in [-0.05, 0) is 66.8 Å². The lowest BCUT2D eigenvalue weighted by atomic mass is 10.0. The number of amides is 2. The van der Waals surface area contributed by atoms with Crippen LogP contribution in [0.3, 0.4) is 0 Å². The molecule has 1 aliphatic heterocycles. The number of halogens is 1. The van der Waals surface area contributed by atoms with Gasteiger partial charge in [0.15, 0.2) is 0 Å². The number of carbonyl (C=O) groups is 2. The Morgan fingerprint density at radius 1 is 1.03 bits per heavy atom. The van der Waals surface area contributed by atoms with Crippen molar-refractivity contribution in [3.63, 3.8) is 0 Å². The zero-order valence-electron chi connectivity index (χ0n) is 19.0. The van der Waals surface area contributed by atoms with Crippen LogP contribution in [0.5, 0.6) is 5.75 Å². The van der Waals surface area contributed by atoms with Crippen molar-refractivity contribution in [2.24, 2.45) is 0 Å². The molecule has 0 spiro atoms. The average Bonchev–Trinajstić information content (AvgIpc) is 3.08. The molecule has 1 N–H and O–H groups in total. The van der Waals surface area contributed by atoms with E-state index in [9.17, 15) is 14.0 Å². The molecule has 1 aliphatic rings. The van der Waals surface area contributed by atoms with Gasteiger partial charge >= 0.3 is 0 Å². The van der Waals surface area contributed by atoms with Gasteiger partial charge in [0.25, 0.3) is 0 Å². The van der Waals surface area contributed by atoms with Gasteiger partial charge in [-0.15, -0.1) is 0 Å². The lowest BCUT2D eigenvalue weighted by molar-refractivity contribution is -0.140. The van der Waals surface area contributed by atoms with Crippen LogP contribution in [0.1, 0.15) is 36.1 Å². The fourth-order valence-corrected chi connectivity index (χ4v) is 4.00. The summed E-state index contributed by atoms with van der Waals surface area (Å²) in [4.78, 5) is 31.9. The highest BCUT2D eigenvalue weighted by atomic mass is 19.1.